The van der Waals surface area contributed by atoms with Crippen molar-refractivity contribution in [3.63, 3.8) is 0 Å². The molecule has 172 valence electrons. The summed E-state index contributed by atoms with van der Waals surface area (Å²) in [7, 11) is 1.76. The summed E-state index contributed by atoms with van der Waals surface area (Å²) in [4.78, 5) is 35.4. The summed E-state index contributed by atoms with van der Waals surface area (Å²) >= 11 is 1.66. The number of rotatable bonds is 5. The normalized spacial score (nSPS) is 13.4. The highest BCUT2D eigenvalue weighted by Crippen LogP contribution is 2.43. The molecule has 6 rings (SSSR count). The highest BCUT2D eigenvalue weighted by atomic mass is 32.1. The molecule has 1 amide bonds. The Morgan fingerprint density at radius 1 is 1.09 bits per heavy atom. The number of carbonyl (C=O) groups excluding carboxylic acids is 1. The molecule has 0 aliphatic heterocycles. The van der Waals surface area contributed by atoms with Crippen molar-refractivity contribution in [1.82, 2.24) is 19.1 Å². The molecule has 0 bridgehead atoms. The van der Waals surface area contributed by atoms with Gasteiger partial charge in [-0.15, -0.1) is 11.3 Å². The van der Waals surface area contributed by atoms with Gasteiger partial charge >= 0.3 is 5.69 Å². The topological polar surface area (TPSA) is 84.7 Å². The predicted octanol–water partition coefficient (Wildman–Crippen LogP) is 4.85. The van der Waals surface area contributed by atoms with Gasteiger partial charge < -0.3 is 10.3 Å². The molecule has 0 atom stereocenters. The van der Waals surface area contributed by atoms with Gasteiger partial charge in [0.1, 0.15) is 10.8 Å². The predicted molar refractivity (Wildman–Crippen MR) is 136 cm³/mol. The first-order chi connectivity index (χ1) is 16.6. The van der Waals surface area contributed by atoms with Gasteiger partial charge in [0.2, 0.25) is 5.91 Å². The minimum atomic E-state index is -0.108. The molecule has 0 saturated heterocycles. The first kappa shape index (κ1) is 20.9. The lowest BCUT2D eigenvalue weighted by Crippen LogP contribution is -2.24. The number of imidazole rings is 2. The Hall–Kier alpha value is -3.65. The Kier molecular flexibility index (Phi) is 5.10. The van der Waals surface area contributed by atoms with Gasteiger partial charge in [0.25, 0.3) is 0 Å². The Labute approximate surface area is 200 Å². The van der Waals surface area contributed by atoms with Crippen LogP contribution in [0.25, 0.3) is 33.5 Å². The second-order valence-electron chi connectivity index (χ2n) is 8.80. The Balaban J connectivity index is 1.30. The summed E-state index contributed by atoms with van der Waals surface area (Å²) in [6, 6.07) is 15.6. The van der Waals surface area contributed by atoms with Gasteiger partial charge in [0.15, 0.2) is 0 Å². The highest BCUT2D eigenvalue weighted by molar-refractivity contribution is 7.17. The average Bonchev–Trinajstić information content (AvgIpc) is 3.50. The zero-order chi connectivity index (χ0) is 23.2. The molecule has 0 saturated carbocycles. The smallest absolute Gasteiger partial charge is 0.328 e. The molecule has 3 heterocycles. The zero-order valence-corrected chi connectivity index (χ0v) is 19.7. The number of amides is 1. The van der Waals surface area contributed by atoms with E-state index in [1.807, 2.05) is 48.5 Å². The molecule has 0 spiro atoms. The Morgan fingerprint density at radius 3 is 2.71 bits per heavy atom. The van der Waals surface area contributed by atoms with Gasteiger partial charge in [0.05, 0.1) is 27.6 Å². The van der Waals surface area contributed by atoms with Crippen LogP contribution in [0.1, 0.15) is 29.7 Å². The third-order valence-electron chi connectivity index (χ3n) is 6.66. The number of hydrogen-bond donors (Lipinski definition) is 2. The van der Waals surface area contributed by atoms with Gasteiger partial charge in [-0.2, -0.15) is 0 Å². The molecule has 5 aromatic rings. The van der Waals surface area contributed by atoms with Crippen molar-refractivity contribution >= 4 is 44.3 Å². The fourth-order valence-corrected chi connectivity index (χ4v) is 6.26. The van der Waals surface area contributed by atoms with E-state index >= 15 is 0 Å². The van der Waals surface area contributed by atoms with Crippen molar-refractivity contribution in [3.8, 4) is 11.4 Å². The molecule has 1 aliphatic carbocycles. The number of benzene rings is 2. The molecule has 2 aromatic carbocycles. The number of H-pyrrole nitrogens is 1. The molecule has 34 heavy (non-hydrogen) atoms. The Morgan fingerprint density at radius 2 is 1.85 bits per heavy atom. The number of fused-ring (bicyclic) bond motifs is 3. The number of anilines is 1. The minimum Gasteiger partial charge on any atom is -0.338 e. The summed E-state index contributed by atoms with van der Waals surface area (Å²) < 4.78 is 3.30. The molecule has 7 nitrogen and oxygen atoms in total. The van der Waals surface area contributed by atoms with Crippen molar-refractivity contribution in [2.45, 2.75) is 38.6 Å². The summed E-state index contributed by atoms with van der Waals surface area (Å²) in [5.74, 6) is 0.706. The number of thiophene rings is 1. The van der Waals surface area contributed by atoms with E-state index in [2.05, 4.69) is 10.3 Å². The van der Waals surface area contributed by atoms with Crippen molar-refractivity contribution < 1.29 is 4.79 Å². The van der Waals surface area contributed by atoms with Crippen molar-refractivity contribution in [2.24, 2.45) is 7.05 Å². The number of aryl methyl sites for hydroxylation is 3. The van der Waals surface area contributed by atoms with Crippen molar-refractivity contribution in [1.29, 1.82) is 0 Å². The number of carbonyl (C=O) groups is 1. The van der Waals surface area contributed by atoms with Gasteiger partial charge in [-0.1, -0.05) is 24.3 Å². The number of hydrogen-bond acceptors (Lipinski definition) is 4. The standard InChI is InChI=1S/C26H25N5O2S/c1-30-19-11-5-6-12-20(19)31(26(30)33)15-14-22(32)29-25-23(16-8-2-7-13-21(16)34-25)24-27-17-9-3-4-10-18(17)28-24/h3-6,9-12H,2,7-8,13-15H2,1H3,(H,27,28)(H,29,32). The third-order valence-corrected chi connectivity index (χ3v) is 7.87. The van der Waals surface area contributed by atoms with Crippen molar-refractivity contribution in [2.75, 3.05) is 5.32 Å². The lowest BCUT2D eigenvalue weighted by molar-refractivity contribution is -0.116. The molecule has 0 unspecified atom stereocenters. The quantitative estimate of drug-likeness (QED) is 0.384. The second-order valence-corrected chi connectivity index (χ2v) is 9.90. The van der Waals surface area contributed by atoms with Crippen molar-refractivity contribution in [3.05, 3.63) is 69.5 Å². The molecular weight excluding hydrogens is 446 g/mol. The van der Waals surface area contributed by atoms with Crippen LogP contribution in [-0.2, 0) is 31.2 Å². The largest absolute Gasteiger partial charge is 0.338 e. The fraction of sp³-hybridized carbons (Fsp3) is 0.269. The van der Waals surface area contributed by atoms with Gasteiger partial charge in [-0.05, 0) is 55.5 Å². The first-order valence-electron chi connectivity index (χ1n) is 11.6. The van der Waals surface area contributed by atoms with Crippen LogP contribution < -0.4 is 11.0 Å². The van der Waals surface area contributed by atoms with E-state index in [9.17, 15) is 9.59 Å². The van der Waals surface area contributed by atoms with E-state index in [1.54, 1.807) is 27.5 Å². The second kappa shape index (κ2) is 8.29. The average molecular weight is 472 g/mol. The van der Waals surface area contributed by atoms with Crippen LogP contribution in [0.2, 0.25) is 0 Å². The number of aromatic nitrogens is 4. The number of nitrogens with one attached hydrogen (secondary N) is 2. The number of aromatic amines is 1. The van der Waals surface area contributed by atoms with E-state index < -0.39 is 0 Å². The summed E-state index contributed by atoms with van der Waals surface area (Å²) in [6.07, 6.45) is 4.57. The van der Waals surface area contributed by atoms with Gasteiger partial charge in [-0.25, -0.2) is 9.78 Å². The van der Waals surface area contributed by atoms with E-state index in [0.29, 0.717) is 6.54 Å². The maximum atomic E-state index is 13.1. The molecule has 8 heteroatoms. The molecular formula is C26H25N5O2S. The van der Waals surface area contributed by atoms with Crippen LogP contribution in [0, 0.1) is 0 Å². The summed E-state index contributed by atoms with van der Waals surface area (Å²) in [5.41, 5.74) is 5.83. The first-order valence-corrected chi connectivity index (χ1v) is 12.5. The maximum Gasteiger partial charge on any atom is 0.328 e. The number of nitrogens with zero attached hydrogens (tertiary/aromatic N) is 3. The lowest BCUT2D eigenvalue weighted by atomic mass is 9.95. The molecule has 0 radical (unpaired) electrons. The van der Waals surface area contributed by atoms with Gasteiger partial charge in [-0.3, -0.25) is 13.9 Å². The van der Waals surface area contributed by atoms with E-state index in [-0.39, 0.29) is 18.0 Å². The summed E-state index contributed by atoms with van der Waals surface area (Å²) in [6.45, 7) is 0.330. The SMILES string of the molecule is Cn1c(=O)n(CCC(=O)Nc2sc3c(c2-c2nc4ccccc4[nH]2)CCCC3)c2ccccc21. The molecule has 3 aromatic heterocycles. The summed E-state index contributed by atoms with van der Waals surface area (Å²) in [5, 5.41) is 4.00. The van der Waals surface area contributed by atoms with E-state index in [0.717, 1.165) is 57.7 Å². The fourth-order valence-electron chi connectivity index (χ4n) is 4.96. The monoisotopic (exact) mass is 471 g/mol. The highest BCUT2D eigenvalue weighted by Gasteiger charge is 2.25. The van der Waals surface area contributed by atoms with Crippen LogP contribution in [0.15, 0.2) is 53.3 Å². The van der Waals surface area contributed by atoms with Crippen LogP contribution in [-0.4, -0.2) is 25.0 Å². The van der Waals surface area contributed by atoms with Crippen LogP contribution >= 0.6 is 11.3 Å². The number of para-hydroxylation sites is 4. The van der Waals surface area contributed by atoms with E-state index in [4.69, 9.17) is 4.98 Å². The van der Waals surface area contributed by atoms with Crippen LogP contribution in [0.4, 0.5) is 5.00 Å². The minimum absolute atomic E-state index is 0.101. The van der Waals surface area contributed by atoms with Crippen LogP contribution in [0.5, 0.6) is 0 Å². The lowest BCUT2D eigenvalue weighted by Gasteiger charge is -2.12. The van der Waals surface area contributed by atoms with Crippen LogP contribution in [0.3, 0.4) is 0 Å². The molecule has 1 aliphatic rings. The third kappa shape index (κ3) is 3.45. The Bertz CT molecular complexity index is 1570. The zero-order valence-electron chi connectivity index (χ0n) is 18.9. The van der Waals surface area contributed by atoms with E-state index in [1.165, 1.54) is 16.9 Å². The molecule has 0 fully saturated rings. The molecule has 2 N–H and O–H groups in total. The van der Waals surface area contributed by atoms with Gasteiger partial charge in [0, 0.05) is 24.9 Å². The maximum absolute atomic E-state index is 13.1.